The van der Waals surface area contributed by atoms with Crippen LogP contribution in [-0.2, 0) is 16.1 Å². The minimum Gasteiger partial charge on any atom is -0.383 e. The molecule has 0 aliphatic carbocycles. The minimum absolute atomic E-state index is 0.0614. The van der Waals surface area contributed by atoms with Gasteiger partial charge in [0.25, 0.3) is 0 Å². The number of nitrogen functional groups attached to an aromatic ring is 1. The zero-order chi connectivity index (χ0) is 22.7. The molecule has 2 atom stereocenters. The van der Waals surface area contributed by atoms with Gasteiger partial charge in [0.15, 0.2) is 0 Å². The van der Waals surface area contributed by atoms with Gasteiger partial charge < -0.3 is 15.4 Å². The van der Waals surface area contributed by atoms with Gasteiger partial charge in [0.2, 0.25) is 5.91 Å². The molecule has 168 valence electrons. The fourth-order valence-corrected chi connectivity index (χ4v) is 5.03. The Morgan fingerprint density at radius 3 is 2.91 bits per heavy atom. The number of hydrogen-bond acceptors (Lipinski definition) is 7. The van der Waals surface area contributed by atoms with E-state index in [1.54, 1.807) is 7.11 Å². The summed E-state index contributed by atoms with van der Waals surface area (Å²) in [6.07, 6.45) is 5.58. The summed E-state index contributed by atoms with van der Waals surface area (Å²) in [5.74, 6) is 0.526. The third-order valence-corrected chi connectivity index (χ3v) is 6.86. The van der Waals surface area contributed by atoms with Crippen molar-refractivity contribution in [1.29, 1.82) is 0 Å². The van der Waals surface area contributed by atoms with Crippen molar-refractivity contribution in [3.05, 3.63) is 57.5 Å². The number of carbonyl (C=O) groups is 1. The first-order valence-electron chi connectivity index (χ1n) is 10.4. The summed E-state index contributed by atoms with van der Waals surface area (Å²) in [6.45, 7) is 4.37. The second kappa shape index (κ2) is 9.95. The van der Waals surface area contributed by atoms with Gasteiger partial charge in [-0.25, -0.2) is 9.97 Å². The number of carbonyl (C=O) groups excluding carboxylic acids is 1. The summed E-state index contributed by atoms with van der Waals surface area (Å²) in [4.78, 5) is 27.0. The van der Waals surface area contributed by atoms with Gasteiger partial charge in [0, 0.05) is 43.0 Å². The van der Waals surface area contributed by atoms with Crippen molar-refractivity contribution in [3.8, 4) is 0 Å². The van der Waals surface area contributed by atoms with E-state index >= 15 is 0 Å². The standard InChI is InChI=1S/C23H26ClN5O2S/c1-15-11-28(9-3-4-17-6-8-21(24)32-17)20(13-31-2)23(30)29(15)12-16-5-7-18-19(10-16)26-14-27-22(18)25/h3-8,10,14-15,20H,9,11-13H2,1-2H3,(H2,25,26,27)/b4-3+. The number of anilines is 1. The van der Waals surface area contributed by atoms with Crippen LogP contribution in [0.4, 0.5) is 5.82 Å². The molecule has 0 spiro atoms. The number of halogens is 1. The number of methoxy groups -OCH3 is 1. The minimum atomic E-state index is -0.328. The van der Waals surface area contributed by atoms with Crippen LogP contribution < -0.4 is 5.73 Å². The molecule has 9 heteroatoms. The summed E-state index contributed by atoms with van der Waals surface area (Å²) in [6, 6.07) is 9.48. The molecule has 2 aromatic heterocycles. The number of piperazine rings is 1. The van der Waals surface area contributed by atoms with E-state index < -0.39 is 0 Å². The van der Waals surface area contributed by atoms with Crippen molar-refractivity contribution in [3.63, 3.8) is 0 Å². The molecule has 0 saturated carbocycles. The molecule has 32 heavy (non-hydrogen) atoms. The second-order valence-corrected chi connectivity index (χ2v) is 9.64. The monoisotopic (exact) mass is 471 g/mol. The van der Waals surface area contributed by atoms with E-state index in [1.807, 2.05) is 41.3 Å². The highest BCUT2D eigenvalue weighted by Crippen LogP contribution is 2.24. The number of nitrogens with two attached hydrogens (primary N) is 1. The molecule has 0 radical (unpaired) electrons. The number of hydrogen-bond donors (Lipinski definition) is 1. The molecule has 7 nitrogen and oxygen atoms in total. The molecule has 2 unspecified atom stereocenters. The van der Waals surface area contributed by atoms with Crippen LogP contribution >= 0.6 is 22.9 Å². The van der Waals surface area contributed by atoms with Gasteiger partial charge in [0.05, 0.1) is 16.5 Å². The first-order chi connectivity index (χ1) is 15.5. The highest BCUT2D eigenvalue weighted by atomic mass is 35.5. The van der Waals surface area contributed by atoms with E-state index in [-0.39, 0.29) is 18.0 Å². The maximum absolute atomic E-state index is 13.4. The molecular weight excluding hydrogens is 446 g/mol. The molecule has 0 bridgehead atoms. The number of ether oxygens (including phenoxy) is 1. The predicted molar refractivity (Wildman–Crippen MR) is 130 cm³/mol. The molecule has 1 saturated heterocycles. The van der Waals surface area contributed by atoms with Gasteiger partial charge in [-0.15, -0.1) is 11.3 Å². The van der Waals surface area contributed by atoms with Crippen LogP contribution in [0, 0.1) is 0 Å². The number of benzene rings is 1. The highest BCUT2D eigenvalue weighted by molar-refractivity contribution is 7.16. The van der Waals surface area contributed by atoms with Crippen molar-refractivity contribution >= 4 is 51.6 Å². The molecule has 2 N–H and O–H groups in total. The van der Waals surface area contributed by atoms with Gasteiger partial charge in [-0.3, -0.25) is 9.69 Å². The molecular formula is C23H26ClN5O2S. The first-order valence-corrected chi connectivity index (χ1v) is 11.6. The van der Waals surface area contributed by atoms with E-state index in [4.69, 9.17) is 22.1 Å². The maximum atomic E-state index is 13.4. The Bertz CT molecular complexity index is 1130. The van der Waals surface area contributed by atoms with Gasteiger partial charge in [0.1, 0.15) is 18.2 Å². The van der Waals surface area contributed by atoms with E-state index in [2.05, 4.69) is 27.9 Å². The van der Waals surface area contributed by atoms with Gasteiger partial charge >= 0.3 is 0 Å². The van der Waals surface area contributed by atoms with Crippen molar-refractivity contribution in [2.45, 2.75) is 25.6 Å². The zero-order valence-electron chi connectivity index (χ0n) is 18.1. The van der Waals surface area contributed by atoms with Gasteiger partial charge in [-0.2, -0.15) is 0 Å². The average molecular weight is 472 g/mol. The van der Waals surface area contributed by atoms with Crippen LogP contribution in [0.1, 0.15) is 17.4 Å². The van der Waals surface area contributed by atoms with Crippen molar-refractivity contribution in [2.75, 3.05) is 32.5 Å². The fraction of sp³-hybridized carbons (Fsp3) is 0.348. The highest BCUT2D eigenvalue weighted by Gasteiger charge is 2.38. The lowest BCUT2D eigenvalue weighted by Crippen LogP contribution is -2.61. The Kier molecular flexibility index (Phi) is 7.05. The predicted octanol–water partition coefficient (Wildman–Crippen LogP) is 3.69. The smallest absolute Gasteiger partial charge is 0.242 e. The maximum Gasteiger partial charge on any atom is 0.242 e. The molecule has 3 aromatic rings. The SMILES string of the molecule is COCC1C(=O)N(Cc2ccc3c(N)ncnc3c2)C(C)CN1C/C=C/c1ccc(Cl)s1. The molecule has 1 aliphatic rings. The zero-order valence-corrected chi connectivity index (χ0v) is 19.6. The normalized spacial score (nSPS) is 20.0. The lowest BCUT2D eigenvalue weighted by Gasteiger charge is -2.44. The number of nitrogens with zero attached hydrogens (tertiary/aromatic N) is 4. The number of aromatic nitrogens is 2. The first kappa shape index (κ1) is 22.7. The topological polar surface area (TPSA) is 84.6 Å². The van der Waals surface area contributed by atoms with Crippen LogP contribution in [0.3, 0.4) is 0 Å². The Hall–Kier alpha value is -2.52. The van der Waals surface area contributed by atoms with E-state index in [0.29, 0.717) is 25.5 Å². The molecule has 4 rings (SSSR count). The number of thiophene rings is 1. The Morgan fingerprint density at radius 1 is 1.31 bits per heavy atom. The number of amides is 1. The van der Waals surface area contributed by atoms with Crippen molar-refractivity contribution in [2.24, 2.45) is 0 Å². The van der Waals surface area contributed by atoms with Gasteiger partial charge in [-0.1, -0.05) is 23.7 Å². The van der Waals surface area contributed by atoms with Crippen LogP contribution in [0.2, 0.25) is 4.34 Å². The lowest BCUT2D eigenvalue weighted by atomic mass is 10.0. The van der Waals surface area contributed by atoms with Crippen LogP contribution in [-0.4, -0.2) is 64.6 Å². The lowest BCUT2D eigenvalue weighted by molar-refractivity contribution is -0.148. The van der Waals surface area contributed by atoms with E-state index in [0.717, 1.165) is 32.2 Å². The van der Waals surface area contributed by atoms with E-state index in [1.165, 1.54) is 17.7 Å². The third kappa shape index (κ3) is 4.94. The summed E-state index contributed by atoms with van der Waals surface area (Å²) in [7, 11) is 1.63. The van der Waals surface area contributed by atoms with E-state index in [9.17, 15) is 4.79 Å². The third-order valence-electron chi connectivity index (χ3n) is 5.66. The Morgan fingerprint density at radius 2 is 2.16 bits per heavy atom. The quantitative estimate of drug-likeness (QED) is 0.565. The summed E-state index contributed by atoms with van der Waals surface area (Å²) >= 11 is 7.54. The Balaban J connectivity index is 1.49. The van der Waals surface area contributed by atoms with Gasteiger partial charge in [-0.05, 0) is 42.8 Å². The molecule has 1 fully saturated rings. The largest absolute Gasteiger partial charge is 0.383 e. The molecule has 1 aromatic carbocycles. The van der Waals surface area contributed by atoms with Crippen molar-refractivity contribution < 1.29 is 9.53 Å². The number of fused-ring (bicyclic) bond motifs is 1. The van der Waals surface area contributed by atoms with Crippen LogP contribution in [0.25, 0.3) is 17.0 Å². The molecule has 1 aliphatic heterocycles. The average Bonchev–Trinajstić information content (AvgIpc) is 3.19. The summed E-state index contributed by atoms with van der Waals surface area (Å²) < 4.78 is 6.16. The molecule has 1 amide bonds. The van der Waals surface area contributed by atoms with Crippen LogP contribution in [0.5, 0.6) is 0 Å². The fourth-order valence-electron chi connectivity index (χ4n) is 4.04. The Labute approximate surface area is 196 Å². The summed E-state index contributed by atoms with van der Waals surface area (Å²) in [5, 5.41) is 0.816. The second-order valence-electron chi connectivity index (χ2n) is 7.89. The van der Waals surface area contributed by atoms with Crippen molar-refractivity contribution in [1.82, 2.24) is 19.8 Å². The van der Waals surface area contributed by atoms with Crippen LogP contribution in [0.15, 0.2) is 42.7 Å². The summed E-state index contributed by atoms with van der Waals surface area (Å²) in [5.41, 5.74) is 7.72. The number of rotatable bonds is 7. The molecule has 3 heterocycles.